The van der Waals surface area contributed by atoms with Crippen molar-refractivity contribution in [2.24, 2.45) is 5.73 Å². The third kappa shape index (κ3) is 3.27. The molecular formula is C25H18N2O3S. The number of Topliss-reactive ketones (excluding diaryl/α,β-unsaturated/α-hetero) is 1. The number of thiophene rings is 1. The average molecular weight is 426 g/mol. The maximum Gasteiger partial charge on any atom is 0.289 e. The molecule has 5 aromatic rings. The normalized spacial score (nSPS) is 11.1. The molecule has 2 N–H and O–H groups in total. The van der Waals surface area contributed by atoms with Crippen LogP contribution in [0.25, 0.3) is 26.9 Å². The van der Waals surface area contributed by atoms with Gasteiger partial charge in [0.2, 0.25) is 0 Å². The van der Waals surface area contributed by atoms with Gasteiger partial charge in [-0.05, 0) is 23.3 Å². The molecule has 0 bridgehead atoms. The fourth-order valence-electron chi connectivity index (χ4n) is 3.80. The molecule has 0 spiro atoms. The van der Waals surface area contributed by atoms with E-state index in [4.69, 9.17) is 10.5 Å². The van der Waals surface area contributed by atoms with Crippen LogP contribution in [0, 0.1) is 0 Å². The Morgan fingerprint density at radius 3 is 2.32 bits per heavy atom. The van der Waals surface area contributed by atoms with Crippen LogP contribution in [0.4, 0.5) is 0 Å². The van der Waals surface area contributed by atoms with E-state index < -0.39 is 11.7 Å². The zero-order valence-corrected chi connectivity index (χ0v) is 17.3. The number of hydrogen-bond donors (Lipinski definition) is 1. The molecule has 6 heteroatoms. The van der Waals surface area contributed by atoms with E-state index in [0.29, 0.717) is 23.4 Å². The maximum atomic E-state index is 12.9. The van der Waals surface area contributed by atoms with Crippen molar-refractivity contribution < 1.29 is 14.3 Å². The van der Waals surface area contributed by atoms with Gasteiger partial charge in [0.15, 0.2) is 0 Å². The Balaban J connectivity index is 1.74. The van der Waals surface area contributed by atoms with Crippen LogP contribution in [0.1, 0.15) is 15.9 Å². The van der Waals surface area contributed by atoms with Gasteiger partial charge in [0, 0.05) is 17.1 Å². The van der Waals surface area contributed by atoms with Gasteiger partial charge in [-0.1, -0.05) is 60.7 Å². The Kier molecular flexibility index (Phi) is 4.76. The predicted octanol–water partition coefficient (Wildman–Crippen LogP) is 5.07. The summed E-state index contributed by atoms with van der Waals surface area (Å²) in [6, 6.07) is 23.4. The molecule has 5 nitrogen and oxygen atoms in total. The van der Waals surface area contributed by atoms with E-state index in [2.05, 4.69) is 0 Å². The predicted molar refractivity (Wildman–Crippen MR) is 123 cm³/mol. The van der Waals surface area contributed by atoms with Crippen molar-refractivity contribution in [2.75, 3.05) is 0 Å². The molecule has 2 aromatic carbocycles. The number of pyridine rings is 1. The van der Waals surface area contributed by atoms with Crippen molar-refractivity contribution >= 4 is 38.8 Å². The number of rotatable bonds is 6. The summed E-state index contributed by atoms with van der Waals surface area (Å²) in [5, 5.41) is 2.00. The first-order valence-corrected chi connectivity index (χ1v) is 10.6. The summed E-state index contributed by atoms with van der Waals surface area (Å²) in [5.74, 6) is -1.18. The highest BCUT2D eigenvalue weighted by Gasteiger charge is 2.27. The summed E-state index contributed by atoms with van der Waals surface area (Å²) >= 11 is 1.43. The third-order valence-corrected chi connectivity index (χ3v) is 6.19. The van der Waals surface area contributed by atoms with E-state index in [9.17, 15) is 9.59 Å². The molecule has 0 saturated heterocycles. The van der Waals surface area contributed by atoms with Crippen molar-refractivity contribution in [2.45, 2.75) is 6.61 Å². The molecule has 152 valence electrons. The van der Waals surface area contributed by atoms with E-state index in [0.717, 1.165) is 26.9 Å². The van der Waals surface area contributed by atoms with Crippen molar-refractivity contribution in [3.8, 4) is 16.9 Å². The highest BCUT2D eigenvalue weighted by molar-refractivity contribution is 7.18. The number of carbonyl (C=O) groups excluding carboxylic acids is 2. The van der Waals surface area contributed by atoms with Crippen molar-refractivity contribution in [1.82, 2.24) is 4.40 Å². The molecule has 0 radical (unpaired) electrons. The van der Waals surface area contributed by atoms with Crippen molar-refractivity contribution in [1.29, 1.82) is 0 Å². The van der Waals surface area contributed by atoms with Gasteiger partial charge >= 0.3 is 0 Å². The Morgan fingerprint density at radius 1 is 0.903 bits per heavy atom. The number of nitrogens with two attached hydrogens (primary N) is 1. The second-order valence-electron chi connectivity index (χ2n) is 7.13. The minimum absolute atomic E-state index is 0.290. The van der Waals surface area contributed by atoms with Crippen LogP contribution in [0.3, 0.4) is 0 Å². The minimum atomic E-state index is -0.984. The van der Waals surface area contributed by atoms with Gasteiger partial charge in [-0.2, -0.15) is 0 Å². The van der Waals surface area contributed by atoms with Gasteiger partial charge in [0.25, 0.3) is 11.7 Å². The zero-order valence-electron chi connectivity index (χ0n) is 16.4. The number of ether oxygens (including phenoxy) is 1. The van der Waals surface area contributed by atoms with Crippen LogP contribution in [-0.4, -0.2) is 16.1 Å². The first kappa shape index (κ1) is 19.1. The molecule has 1 amide bonds. The molecule has 31 heavy (non-hydrogen) atoms. The topological polar surface area (TPSA) is 73.8 Å². The Morgan fingerprint density at radius 2 is 1.61 bits per heavy atom. The minimum Gasteiger partial charge on any atom is -0.487 e. The SMILES string of the molecule is NC(=O)C(=O)c1c2scc(-c3ccccc3)c2n2cccc(OCc3ccccc3)c12. The smallest absolute Gasteiger partial charge is 0.289 e. The molecule has 0 aliphatic carbocycles. The van der Waals surface area contributed by atoms with Crippen LogP contribution in [-0.2, 0) is 11.4 Å². The van der Waals surface area contributed by atoms with Gasteiger partial charge in [-0.3, -0.25) is 9.59 Å². The van der Waals surface area contributed by atoms with E-state index in [1.54, 1.807) is 0 Å². The molecule has 0 aliphatic rings. The first-order valence-electron chi connectivity index (χ1n) is 9.75. The number of primary amides is 1. The Hall–Kier alpha value is -3.90. The lowest BCUT2D eigenvalue weighted by molar-refractivity contribution is -0.114. The largest absolute Gasteiger partial charge is 0.487 e. The molecule has 3 heterocycles. The molecule has 0 saturated carbocycles. The molecule has 3 aromatic heterocycles. The second kappa shape index (κ2) is 7.74. The van der Waals surface area contributed by atoms with Crippen molar-refractivity contribution in [3.05, 3.63) is 95.5 Å². The van der Waals surface area contributed by atoms with Crippen molar-refractivity contribution in [3.63, 3.8) is 0 Å². The van der Waals surface area contributed by atoms with E-state index in [1.807, 2.05) is 88.8 Å². The molecule has 5 rings (SSSR count). The van der Waals surface area contributed by atoms with Gasteiger partial charge in [-0.25, -0.2) is 0 Å². The lowest BCUT2D eigenvalue weighted by Crippen LogP contribution is -2.23. The van der Waals surface area contributed by atoms with Gasteiger partial charge in [0.1, 0.15) is 17.9 Å². The van der Waals surface area contributed by atoms with Crippen LogP contribution < -0.4 is 10.5 Å². The van der Waals surface area contributed by atoms with Crippen LogP contribution in [0.2, 0.25) is 0 Å². The summed E-state index contributed by atoms with van der Waals surface area (Å²) in [4.78, 5) is 24.7. The molecule has 0 atom stereocenters. The first-order chi connectivity index (χ1) is 15.1. The summed E-state index contributed by atoms with van der Waals surface area (Å²) in [6.07, 6.45) is 1.88. The number of nitrogens with zero attached hydrogens (tertiary/aromatic N) is 1. The monoisotopic (exact) mass is 426 g/mol. The average Bonchev–Trinajstić information content (AvgIpc) is 3.37. The zero-order chi connectivity index (χ0) is 21.4. The highest BCUT2D eigenvalue weighted by atomic mass is 32.1. The standard InChI is InChI=1S/C25H18N2O3S/c26-25(29)23(28)20-22-19(30-14-16-8-3-1-4-9-16)12-7-13-27(22)21-18(15-31-24(20)21)17-10-5-2-6-11-17/h1-13,15H,14H2,(H2,26,29). The lowest BCUT2D eigenvalue weighted by Gasteiger charge is -2.10. The summed E-state index contributed by atoms with van der Waals surface area (Å²) < 4.78 is 8.74. The number of carbonyl (C=O) groups is 2. The summed E-state index contributed by atoms with van der Waals surface area (Å²) in [6.45, 7) is 0.342. The van der Waals surface area contributed by atoms with Gasteiger partial charge in [-0.15, -0.1) is 11.3 Å². The summed E-state index contributed by atoms with van der Waals surface area (Å²) in [7, 11) is 0. The maximum absolute atomic E-state index is 12.9. The summed E-state index contributed by atoms with van der Waals surface area (Å²) in [5.41, 5.74) is 10.1. The number of amides is 1. The number of ketones is 1. The van der Waals surface area contributed by atoms with E-state index >= 15 is 0 Å². The quantitative estimate of drug-likeness (QED) is 0.304. The number of hydrogen-bond acceptors (Lipinski definition) is 4. The third-order valence-electron chi connectivity index (χ3n) is 5.20. The van der Waals surface area contributed by atoms with E-state index in [-0.39, 0.29) is 0 Å². The molecule has 0 fully saturated rings. The van der Waals surface area contributed by atoms with Crippen LogP contribution in [0.5, 0.6) is 5.75 Å². The second-order valence-corrected chi connectivity index (χ2v) is 8.01. The lowest BCUT2D eigenvalue weighted by atomic mass is 10.1. The van der Waals surface area contributed by atoms with Gasteiger partial charge in [0.05, 0.1) is 15.8 Å². The van der Waals surface area contributed by atoms with E-state index in [1.165, 1.54) is 11.3 Å². The highest BCUT2D eigenvalue weighted by Crippen LogP contribution is 2.42. The number of benzene rings is 2. The Labute approximate surface area is 182 Å². The number of aromatic nitrogens is 1. The van der Waals surface area contributed by atoms with Crippen LogP contribution in [0.15, 0.2) is 84.4 Å². The Bertz CT molecular complexity index is 1420. The molecule has 0 aliphatic heterocycles. The molecular weight excluding hydrogens is 408 g/mol. The fourth-order valence-corrected chi connectivity index (χ4v) is 4.91. The molecule has 0 unspecified atom stereocenters. The van der Waals surface area contributed by atoms with Crippen LogP contribution >= 0.6 is 11.3 Å². The number of fused-ring (bicyclic) bond motifs is 3. The van der Waals surface area contributed by atoms with Gasteiger partial charge < -0.3 is 14.9 Å². The fraction of sp³-hybridized carbons (Fsp3) is 0.0400.